The van der Waals surface area contributed by atoms with Crippen LogP contribution in [-0.4, -0.2) is 30.8 Å². The molecule has 0 spiro atoms. The summed E-state index contributed by atoms with van der Waals surface area (Å²) in [4.78, 5) is 12.2. The molecule has 3 atom stereocenters. The molecule has 0 aromatic heterocycles. The number of amides is 1. The van der Waals surface area contributed by atoms with Crippen molar-refractivity contribution in [3.63, 3.8) is 0 Å². The minimum atomic E-state index is -0.566. The molecule has 1 fully saturated rings. The lowest BCUT2D eigenvalue weighted by molar-refractivity contribution is -0.128. The van der Waals surface area contributed by atoms with Crippen LogP contribution in [0.4, 0.5) is 0 Å². The van der Waals surface area contributed by atoms with Crippen LogP contribution in [0.25, 0.3) is 0 Å². The molecule has 0 aliphatic carbocycles. The van der Waals surface area contributed by atoms with Gasteiger partial charge in [0.25, 0.3) is 5.91 Å². The molecular formula is C17H24ClNO3. The molecule has 1 amide bonds. The van der Waals surface area contributed by atoms with Gasteiger partial charge < -0.3 is 14.8 Å². The number of hydrogen-bond donors (Lipinski definition) is 1. The molecule has 0 bridgehead atoms. The molecule has 0 saturated carbocycles. The molecule has 0 radical (unpaired) electrons. The normalized spacial score (nSPS) is 20.5. The van der Waals surface area contributed by atoms with E-state index in [1.54, 1.807) is 6.92 Å². The van der Waals surface area contributed by atoms with Crippen LogP contribution in [0.2, 0.25) is 5.02 Å². The molecule has 1 aliphatic heterocycles. The summed E-state index contributed by atoms with van der Waals surface area (Å²) < 4.78 is 11.3. The van der Waals surface area contributed by atoms with Crippen molar-refractivity contribution in [2.75, 3.05) is 6.61 Å². The third-order valence-corrected chi connectivity index (χ3v) is 4.58. The molecule has 22 heavy (non-hydrogen) atoms. The Morgan fingerprint density at radius 2 is 2.00 bits per heavy atom. The van der Waals surface area contributed by atoms with Gasteiger partial charge in [0, 0.05) is 11.6 Å². The van der Waals surface area contributed by atoms with Crippen molar-refractivity contribution >= 4 is 17.5 Å². The largest absolute Gasteiger partial charge is 0.481 e. The maximum Gasteiger partial charge on any atom is 0.261 e. The van der Waals surface area contributed by atoms with Gasteiger partial charge in [0.15, 0.2) is 6.10 Å². The molecule has 122 valence electrons. The molecule has 1 N–H and O–H groups in total. The Morgan fingerprint density at radius 3 is 2.55 bits per heavy atom. The van der Waals surface area contributed by atoms with Crippen LogP contribution in [-0.2, 0) is 9.53 Å². The van der Waals surface area contributed by atoms with Gasteiger partial charge in [-0.2, -0.15) is 0 Å². The van der Waals surface area contributed by atoms with E-state index in [1.165, 1.54) is 0 Å². The van der Waals surface area contributed by atoms with Crippen LogP contribution in [0.3, 0.4) is 0 Å². The van der Waals surface area contributed by atoms with Gasteiger partial charge in [0.2, 0.25) is 0 Å². The number of ether oxygens (including phenoxy) is 2. The number of nitrogens with one attached hydrogen (secondary N) is 1. The lowest BCUT2D eigenvalue weighted by Crippen LogP contribution is -2.46. The predicted octanol–water partition coefficient (Wildman–Crippen LogP) is 3.41. The third kappa shape index (κ3) is 4.14. The Bertz CT molecular complexity index is 518. The summed E-state index contributed by atoms with van der Waals surface area (Å²) in [6.07, 6.45) is 1.59. The monoisotopic (exact) mass is 325 g/mol. The van der Waals surface area contributed by atoms with E-state index in [1.807, 2.05) is 32.9 Å². The summed E-state index contributed by atoms with van der Waals surface area (Å²) in [5, 5.41) is 3.70. The van der Waals surface area contributed by atoms with Gasteiger partial charge >= 0.3 is 0 Å². The molecular weight excluding hydrogens is 302 g/mol. The fourth-order valence-corrected chi connectivity index (χ4v) is 2.77. The average Bonchev–Trinajstić information content (AvgIpc) is 2.98. The summed E-state index contributed by atoms with van der Waals surface area (Å²) in [6.45, 7) is 8.34. The SMILES string of the molecule is Cc1cc(OC(C)C(=O)NC(C)C2CCCO2)cc(C)c1Cl. The molecule has 2 rings (SSSR count). The van der Waals surface area contributed by atoms with Gasteiger partial charge in [0.05, 0.1) is 12.1 Å². The Labute approximate surface area is 137 Å². The highest BCUT2D eigenvalue weighted by Crippen LogP contribution is 2.26. The smallest absolute Gasteiger partial charge is 0.261 e. The van der Waals surface area contributed by atoms with E-state index >= 15 is 0 Å². The second kappa shape index (κ2) is 7.34. The first-order valence-electron chi connectivity index (χ1n) is 7.74. The molecule has 1 aromatic carbocycles. The Hall–Kier alpha value is -1.26. The van der Waals surface area contributed by atoms with Gasteiger partial charge in [-0.3, -0.25) is 4.79 Å². The van der Waals surface area contributed by atoms with Crippen LogP contribution in [0.15, 0.2) is 12.1 Å². The highest BCUT2D eigenvalue weighted by atomic mass is 35.5. The summed E-state index contributed by atoms with van der Waals surface area (Å²) in [6, 6.07) is 3.69. The third-order valence-electron chi connectivity index (χ3n) is 3.98. The Morgan fingerprint density at radius 1 is 1.36 bits per heavy atom. The maximum atomic E-state index is 12.2. The molecule has 1 aromatic rings. The average molecular weight is 326 g/mol. The van der Waals surface area contributed by atoms with Crippen molar-refractivity contribution in [1.82, 2.24) is 5.32 Å². The number of benzene rings is 1. The number of aryl methyl sites for hydroxylation is 2. The van der Waals surface area contributed by atoms with E-state index in [0.717, 1.165) is 35.6 Å². The quantitative estimate of drug-likeness (QED) is 0.902. The van der Waals surface area contributed by atoms with Crippen molar-refractivity contribution in [2.24, 2.45) is 0 Å². The van der Waals surface area contributed by atoms with Crippen LogP contribution in [0.5, 0.6) is 5.75 Å². The molecule has 1 aliphatic rings. The molecule has 5 heteroatoms. The highest BCUT2D eigenvalue weighted by molar-refractivity contribution is 6.32. The van der Waals surface area contributed by atoms with E-state index in [0.29, 0.717) is 5.75 Å². The van der Waals surface area contributed by atoms with Crippen molar-refractivity contribution in [3.05, 3.63) is 28.3 Å². The number of carbonyl (C=O) groups is 1. The van der Waals surface area contributed by atoms with Crippen LogP contribution in [0.1, 0.15) is 37.8 Å². The second-order valence-corrected chi connectivity index (χ2v) is 6.36. The van der Waals surface area contributed by atoms with Gasteiger partial charge in [-0.05, 0) is 63.8 Å². The number of rotatable bonds is 5. The summed E-state index contributed by atoms with van der Waals surface area (Å²) in [5.41, 5.74) is 1.88. The zero-order valence-corrected chi connectivity index (χ0v) is 14.4. The second-order valence-electron chi connectivity index (χ2n) is 5.98. The lowest BCUT2D eigenvalue weighted by atomic mass is 10.1. The van der Waals surface area contributed by atoms with Crippen LogP contribution >= 0.6 is 11.6 Å². The van der Waals surface area contributed by atoms with Crippen molar-refractivity contribution < 1.29 is 14.3 Å². The van der Waals surface area contributed by atoms with Crippen LogP contribution < -0.4 is 10.1 Å². The zero-order valence-electron chi connectivity index (χ0n) is 13.6. The van der Waals surface area contributed by atoms with Gasteiger partial charge in [-0.1, -0.05) is 11.6 Å². The van der Waals surface area contributed by atoms with E-state index < -0.39 is 6.10 Å². The van der Waals surface area contributed by atoms with Crippen molar-refractivity contribution in [3.8, 4) is 5.75 Å². The summed E-state index contributed by atoms with van der Waals surface area (Å²) in [7, 11) is 0. The number of halogens is 1. The maximum absolute atomic E-state index is 12.2. The zero-order chi connectivity index (χ0) is 16.3. The van der Waals surface area contributed by atoms with Gasteiger partial charge in [-0.25, -0.2) is 0 Å². The molecule has 3 unspecified atom stereocenters. The highest BCUT2D eigenvalue weighted by Gasteiger charge is 2.25. The number of carbonyl (C=O) groups excluding carboxylic acids is 1. The Balaban J connectivity index is 1.93. The van der Waals surface area contributed by atoms with E-state index in [9.17, 15) is 4.79 Å². The first-order valence-corrected chi connectivity index (χ1v) is 8.11. The Kier molecular flexibility index (Phi) is 5.70. The van der Waals surface area contributed by atoms with Crippen molar-refractivity contribution in [2.45, 2.75) is 58.8 Å². The van der Waals surface area contributed by atoms with E-state index in [4.69, 9.17) is 21.1 Å². The summed E-state index contributed by atoms with van der Waals surface area (Å²) in [5.74, 6) is 0.528. The molecule has 1 saturated heterocycles. The van der Waals surface area contributed by atoms with E-state index in [-0.39, 0.29) is 18.1 Å². The molecule has 4 nitrogen and oxygen atoms in total. The first-order chi connectivity index (χ1) is 10.4. The lowest BCUT2D eigenvalue weighted by Gasteiger charge is -2.22. The van der Waals surface area contributed by atoms with Gasteiger partial charge in [-0.15, -0.1) is 0 Å². The fraction of sp³-hybridized carbons (Fsp3) is 0.588. The molecule has 1 heterocycles. The predicted molar refractivity (Wildman–Crippen MR) is 87.6 cm³/mol. The van der Waals surface area contributed by atoms with Crippen LogP contribution in [0, 0.1) is 13.8 Å². The topological polar surface area (TPSA) is 47.6 Å². The standard InChI is InChI=1S/C17H24ClNO3/c1-10-8-14(9-11(2)16(10)18)22-13(4)17(20)19-12(3)15-6-5-7-21-15/h8-9,12-13,15H,5-7H2,1-4H3,(H,19,20). The first kappa shape index (κ1) is 17.1. The van der Waals surface area contributed by atoms with E-state index in [2.05, 4.69) is 5.32 Å². The summed E-state index contributed by atoms with van der Waals surface area (Å²) >= 11 is 6.14. The minimum absolute atomic E-state index is 0.00487. The van der Waals surface area contributed by atoms with Crippen molar-refractivity contribution in [1.29, 1.82) is 0 Å². The van der Waals surface area contributed by atoms with Gasteiger partial charge in [0.1, 0.15) is 5.75 Å². The minimum Gasteiger partial charge on any atom is -0.481 e. The fourth-order valence-electron chi connectivity index (χ4n) is 2.66. The number of hydrogen-bond acceptors (Lipinski definition) is 3.